The Morgan fingerprint density at radius 1 is 1.12 bits per heavy atom. The van der Waals surface area contributed by atoms with Crippen LogP contribution in [0, 0.1) is 5.92 Å². The summed E-state index contributed by atoms with van der Waals surface area (Å²) in [6.07, 6.45) is 6.47. The number of likely N-dealkylation sites (tertiary alicyclic amines) is 1. The molecule has 2 aliphatic rings. The summed E-state index contributed by atoms with van der Waals surface area (Å²) in [5, 5.41) is 4.13. The third-order valence-corrected chi connectivity index (χ3v) is 5.86. The minimum atomic E-state index is 0.149. The van der Waals surface area contributed by atoms with E-state index in [2.05, 4.69) is 26.1 Å². The molecule has 1 saturated heterocycles. The van der Waals surface area contributed by atoms with Gasteiger partial charge in [0.25, 0.3) is 0 Å². The minimum absolute atomic E-state index is 0.149. The Bertz CT molecular complexity index is 737. The van der Waals surface area contributed by atoms with Crippen LogP contribution < -0.4 is 0 Å². The third-order valence-electron chi connectivity index (χ3n) is 5.33. The molecule has 1 aliphatic heterocycles. The molecule has 2 fully saturated rings. The van der Waals surface area contributed by atoms with Crippen molar-refractivity contribution in [3.8, 4) is 11.4 Å². The van der Waals surface area contributed by atoms with Crippen LogP contribution in [0.4, 0.5) is 0 Å². The lowest BCUT2D eigenvalue weighted by molar-refractivity contribution is -0.136. The van der Waals surface area contributed by atoms with Gasteiger partial charge in [0.1, 0.15) is 0 Å². The summed E-state index contributed by atoms with van der Waals surface area (Å²) in [6, 6.07) is 7.87. The molecule has 6 heteroatoms. The Morgan fingerprint density at radius 2 is 1.88 bits per heavy atom. The first-order chi connectivity index (χ1) is 12.2. The van der Waals surface area contributed by atoms with Crippen molar-refractivity contribution in [1.82, 2.24) is 15.0 Å². The molecule has 1 unspecified atom stereocenters. The van der Waals surface area contributed by atoms with Crippen LogP contribution in [0.2, 0.25) is 0 Å². The van der Waals surface area contributed by atoms with Crippen molar-refractivity contribution in [3.05, 3.63) is 34.6 Å². The molecule has 0 spiro atoms. The van der Waals surface area contributed by atoms with Crippen LogP contribution in [-0.4, -0.2) is 34.0 Å². The minimum Gasteiger partial charge on any atom is -0.342 e. The second-order valence-electron chi connectivity index (χ2n) is 7.07. The number of rotatable bonds is 3. The number of benzene rings is 1. The van der Waals surface area contributed by atoms with Gasteiger partial charge in [-0.25, -0.2) is 0 Å². The fourth-order valence-electron chi connectivity index (χ4n) is 3.93. The fourth-order valence-corrected chi connectivity index (χ4v) is 4.19. The van der Waals surface area contributed by atoms with Crippen LogP contribution in [0.25, 0.3) is 11.4 Å². The molecule has 132 valence electrons. The molecule has 0 N–H and O–H groups in total. The number of halogens is 1. The fraction of sp³-hybridized carbons (Fsp3) is 0.526. The van der Waals surface area contributed by atoms with Gasteiger partial charge in [0.2, 0.25) is 17.6 Å². The molecule has 0 bridgehead atoms. The van der Waals surface area contributed by atoms with E-state index in [1.54, 1.807) is 0 Å². The Morgan fingerprint density at radius 3 is 2.64 bits per heavy atom. The van der Waals surface area contributed by atoms with E-state index in [0.717, 1.165) is 42.3 Å². The standard InChI is InChI=1S/C19H22BrN3O2/c20-16-9-7-13(8-10-16)17-21-18(25-22-17)15-6-3-11-23(12-15)19(24)14-4-1-2-5-14/h7-10,14-15H,1-6,11-12H2. The quantitative estimate of drug-likeness (QED) is 0.761. The zero-order valence-electron chi connectivity index (χ0n) is 14.2. The lowest BCUT2D eigenvalue weighted by atomic mass is 9.96. The first-order valence-electron chi connectivity index (χ1n) is 9.09. The maximum absolute atomic E-state index is 12.7. The van der Waals surface area contributed by atoms with Crippen molar-refractivity contribution in [2.24, 2.45) is 5.92 Å². The average molecular weight is 404 g/mol. The molecule has 1 aromatic carbocycles. The van der Waals surface area contributed by atoms with Crippen LogP contribution in [-0.2, 0) is 4.79 Å². The zero-order valence-corrected chi connectivity index (χ0v) is 15.7. The van der Waals surface area contributed by atoms with E-state index in [-0.39, 0.29) is 11.8 Å². The number of hydrogen-bond acceptors (Lipinski definition) is 4. The number of nitrogens with zero attached hydrogens (tertiary/aromatic N) is 3. The highest BCUT2D eigenvalue weighted by atomic mass is 79.9. The largest absolute Gasteiger partial charge is 0.342 e. The summed E-state index contributed by atoms with van der Waals surface area (Å²) in [6.45, 7) is 1.57. The maximum atomic E-state index is 12.7. The number of aromatic nitrogens is 2. The molecule has 2 heterocycles. The molecule has 2 aromatic rings. The number of carbonyl (C=O) groups is 1. The van der Waals surface area contributed by atoms with Crippen molar-refractivity contribution < 1.29 is 9.32 Å². The van der Waals surface area contributed by atoms with Gasteiger partial charge in [-0.2, -0.15) is 4.98 Å². The highest BCUT2D eigenvalue weighted by Crippen LogP contribution is 2.31. The van der Waals surface area contributed by atoms with Gasteiger partial charge >= 0.3 is 0 Å². The Hall–Kier alpha value is -1.69. The predicted octanol–water partition coefficient (Wildman–Crippen LogP) is 4.40. The predicted molar refractivity (Wildman–Crippen MR) is 97.9 cm³/mol. The molecular weight excluding hydrogens is 382 g/mol. The lowest BCUT2D eigenvalue weighted by Gasteiger charge is -2.32. The second-order valence-corrected chi connectivity index (χ2v) is 7.98. The van der Waals surface area contributed by atoms with Gasteiger partial charge in [-0.1, -0.05) is 33.9 Å². The van der Waals surface area contributed by atoms with Gasteiger partial charge in [-0.15, -0.1) is 0 Å². The maximum Gasteiger partial charge on any atom is 0.231 e. The molecule has 4 rings (SSSR count). The van der Waals surface area contributed by atoms with Gasteiger partial charge in [0, 0.05) is 29.0 Å². The van der Waals surface area contributed by atoms with Crippen LogP contribution in [0.5, 0.6) is 0 Å². The number of hydrogen-bond donors (Lipinski definition) is 0. The molecule has 1 saturated carbocycles. The molecule has 1 aliphatic carbocycles. The SMILES string of the molecule is O=C(C1CCCC1)N1CCCC(c2nc(-c3ccc(Br)cc3)no2)C1. The monoisotopic (exact) mass is 403 g/mol. The Kier molecular flexibility index (Phi) is 4.88. The Labute approximate surface area is 155 Å². The molecule has 1 aromatic heterocycles. The zero-order chi connectivity index (χ0) is 17.2. The highest BCUT2D eigenvalue weighted by molar-refractivity contribution is 9.10. The summed E-state index contributed by atoms with van der Waals surface area (Å²) < 4.78 is 6.55. The molecular formula is C19H22BrN3O2. The van der Waals surface area contributed by atoms with Gasteiger partial charge in [0.15, 0.2) is 0 Å². The second kappa shape index (κ2) is 7.28. The van der Waals surface area contributed by atoms with E-state index >= 15 is 0 Å². The molecule has 25 heavy (non-hydrogen) atoms. The van der Waals surface area contributed by atoms with E-state index in [1.165, 1.54) is 12.8 Å². The summed E-state index contributed by atoms with van der Waals surface area (Å²) in [5.74, 6) is 1.98. The summed E-state index contributed by atoms with van der Waals surface area (Å²) in [5.41, 5.74) is 0.938. The summed E-state index contributed by atoms with van der Waals surface area (Å²) in [7, 11) is 0. The van der Waals surface area contributed by atoms with Gasteiger partial charge in [-0.3, -0.25) is 4.79 Å². The van der Waals surface area contributed by atoms with Crippen LogP contribution >= 0.6 is 15.9 Å². The average Bonchev–Trinajstić information content (AvgIpc) is 3.34. The number of amides is 1. The van der Waals surface area contributed by atoms with Crippen molar-refractivity contribution in [2.45, 2.75) is 44.4 Å². The van der Waals surface area contributed by atoms with E-state index < -0.39 is 0 Å². The van der Waals surface area contributed by atoms with E-state index in [1.807, 2.05) is 29.2 Å². The summed E-state index contributed by atoms with van der Waals surface area (Å²) >= 11 is 3.43. The third kappa shape index (κ3) is 3.64. The molecule has 1 amide bonds. The summed E-state index contributed by atoms with van der Waals surface area (Å²) in [4.78, 5) is 19.3. The molecule has 1 atom stereocenters. The first-order valence-corrected chi connectivity index (χ1v) is 9.88. The van der Waals surface area contributed by atoms with Crippen LogP contribution in [0.1, 0.15) is 50.3 Å². The van der Waals surface area contributed by atoms with E-state index in [4.69, 9.17) is 4.52 Å². The van der Waals surface area contributed by atoms with E-state index in [9.17, 15) is 4.79 Å². The smallest absolute Gasteiger partial charge is 0.231 e. The van der Waals surface area contributed by atoms with Gasteiger partial charge < -0.3 is 9.42 Å². The molecule has 5 nitrogen and oxygen atoms in total. The van der Waals surface area contributed by atoms with Crippen molar-refractivity contribution in [1.29, 1.82) is 0 Å². The topological polar surface area (TPSA) is 59.2 Å². The van der Waals surface area contributed by atoms with Crippen molar-refractivity contribution >= 4 is 21.8 Å². The Balaban J connectivity index is 1.46. The van der Waals surface area contributed by atoms with Crippen LogP contribution in [0.3, 0.4) is 0 Å². The van der Waals surface area contributed by atoms with Gasteiger partial charge in [0.05, 0.1) is 5.92 Å². The van der Waals surface area contributed by atoms with Crippen LogP contribution in [0.15, 0.2) is 33.3 Å². The first kappa shape index (κ1) is 16.8. The number of piperidine rings is 1. The molecule has 0 radical (unpaired) electrons. The highest BCUT2D eigenvalue weighted by Gasteiger charge is 2.33. The normalized spacial score (nSPS) is 21.6. The van der Waals surface area contributed by atoms with E-state index in [0.29, 0.717) is 24.2 Å². The van der Waals surface area contributed by atoms with Gasteiger partial charge in [-0.05, 0) is 49.9 Å². The lowest BCUT2D eigenvalue weighted by Crippen LogP contribution is -2.41. The van der Waals surface area contributed by atoms with Crippen molar-refractivity contribution in [2.75, 3.05) is 13.1 Å². The van der Waals surface area contributed by atoms with Crippen molar-refractivity contribution in [3.63, 3.8) is 0 Å². The number of carbonyl (C=O) groups excluding carboxylic acids is 1.